The minimum absolute atomic E-state index is 0.0230. The third-order valence-corrected chi connectivity index (χ3v) is 7.57. The van der Waals surface area contributed by atoms with Gasteiger partial charge in [0, 0.05) is 49.1 Å². The smallest absolute Gasteiger partial charge is 0.247 e. The van der Waals surface area contributed by atoms with Gasteiger partial charge in [0.05, 0.1) is 31.4 Å². The van der Waals surface area contributed by atoms with Crippen LogP contribution in [0.4, 0.5) is 5.69 Å². The number of aromatic nitrogens is 4. The average molecular weight is 529 g/mol. The Labute approximate surface area is 226 Å². The fourth-order valence-electron chi connectivity index (χ4n) is 5.21. The van der Waals surface area contributed by atoms with E-state index in [2.05, 4.69) is 10.2 Å². The Hall–Kier alpha value is -4.05. The molecule has 10 nitrogen and oxygen atoms in total. The van der Waals surface area contributed by atoms with Gasteiger partial charge in [-0.15, -0.1) is 10.2 Å². The van der Waals surface area contributed by atoms with Crippen LogP contribution in [0.3, 0.4) is 0 Å². The maximum Gasteiger partial charge on any atom is 0.247 e. The SMILES string of the molecule is CCc1nnc(-c2ccn3cc(CN(C(=O)C4CCN(C(=O)C5COC5)CC4)c4cccc(C)c4)nc3c2)o1. The molecule has 1 aromatic carbocycles. The summed E-state index contributed by atoms with van der Waals surface area (Å²) in [6.45, 7) is 6.55. The normalized spacial score (nSPS) is 16.4. The summed E-state index contributed by atoms with van der Waals surface area (Å²) in [4.78, 5) is 35.1. The van der Waals surface area contributed by atoms with Crippen molar-refractivity contribution in [3.05, 3.63) is 65.9 Å². The molecular formula is C29H32N6O4. The number of ether oxygens (including phenoxy) is 1. The molecule has 0 bridgehead atoms. The predicted molar refractivity (Wildman–Crippen MR) is 144 cm³/mol. The zero-order valence-corrected chi connectivity index (χ0v) is 22.2. The molecular weight excluding hydrogens is 496 g/mol. The first-order valence-corrected chi connectivity index (χ1v) is 13.5. The lowest BCUT2D eigenvalue weighted by molar-refractivity contribution is -0.152. The lowest BCUT2D eigenvalue weighted by Crippen LogP contribution is -2.49. The van der Waals surface area contributed by atoms with Crippen molar-refractivity contribution in [3.63, 3.8) is 0 Å². The zero-order valence-electron chi connectivity index (χ0n) is 22.2. The van der Waals surface area contributed by atoms with Gasteiger partial charge in [-0.1, -0.05) is 19.1 Å². The summed E-state index contributed by atoms with van der Waals surface area (Å²) in [6, 6.07) is 11.8. The molecule has 2 aliphatic rings. The number of nitrogens with zero attached hydrogens (tertiary/aromatic N) is 6. The van der Waals surface area contributed by atoms with Crippen molar-refractivity contribution in [1.82, 2.24) is 24.5 Å². The van der Waals surface area contributed by atoms with Crippen LogP contribution in [0.15, 0.2) is 53.2 Å². The summed E-state index contributed by atoms with van der Waals surface area (Å²) in [5.74, 6) is 1.10. The number of aryl methyl sites for hydroxylation is 2. The second-order valence-corrected chi connectivity index (χ2v) is 10.4. The van der Waals surface area contributed by atoms with Gasteiger partial charge in [-0.2, -0.15) is 0 Å². The topological polar surface area (TPSA) is 106 Å². The van der Waals surface area contributed by atoms with Gasteiger partial charge in [0.1, 0.15) is 5.65 Å². The van der Waals surface area contributed by atoms with Crippen LogP contribution >= 0.6 is 0 Å². The summed E-state index contributed by atoms with van der Waals surface area (Å²) < 4.78 is 12.8. The highest BCUT2D eigenvalue weighted by Crippen LogP contribution is 2.28. The molecule has 2 amide bonds. The lowest BCUT2D eigenvalue weighted by Gasteiger charge is -2.37. The number of anilines is 1. The highest BCUT2D eigenvalue weighted by atomic mass is 16.5. The predicted octanol–water partition coefficient (Wildman–Crippen LogP) is 3.67. The Kier molecular flexibility index (Phi) is 6.86. The van der Waals surface area contributed by atoms with Crippen molar-refractivity contribution >= 4 is 23.1 Å². The van der Waals surface area contributed by atoms with Gasteiger partial charge < -0.3 is 23.4 Å². The third-order valence-electron chi connectivity index (χ3n) is 7.57. The monoisotopic (exact) mass is 528 g/mol. The van der Waals surface area contributed by atoms with Crippen LogP contribution in [0, 0.1) is 18.8 Å². The summed E-state index contributed by atoms with van der Waals surface area (Å²) in [6.07, 6.45) is 5.84. The van der Waals surface area contributed by atoms with Gasteiger partial charge in [0.25, 0.3) is 0 Å². The van der Waals surface area contributed by atoms with Crippen LogP contribution < -0.4 is 4.90 Å². The summed E-state index contributed by atoms with van der Waals surface area (Å²) in [7, 11) is 0. The molecule has 3 aromatic heterocycles. The van der Waals surface area contributed by atoms with Crippen LogP contribution in [0.25, 0.3) is 17.1 Å². The molecule has 0 unspecified atom stereocenters. The van der Waals surface area contributed by atoms with Crippen LogP contribution in [-0.4, -0.2) is 62.6 Å². The van der Waals surface area contributed by atoms with Crippen molar-refractivity contribution in [1.29, 1.82) is 0 Å². The van der Waals surface area contributed by atoms with E-state index in [9.17, 15) is 9.59 Å². The standard InChI is InChI=1S/C29H32N6O4/c1-3-26-31-32-27(39-26)21-9-12-34-15-23(30-25(34)14-21)16-35(24-6-4-5-19(2)13-24)29(37)20-7-10-33(11-8-20)28(36)22-17-38-18-22/h4-6,9,12-15,20,22H,3,7-8,10-11,16-18H2,1-2H3. The molecule has 10 heteroatoms. The van der Waals surface area contributed by atoms with Crippen LogP contribution in [0.2, 0.25) is 0 Å². The van der Waals surface area contributed by atoms with E-state index < -0.39 is 0 Å². The number of pyridine rings is 1. The molecule has 0 N–H and O–H groups in total. The Morgan fingerprint density at radius 1 is 1.08 bits per heavy atom. The number of benzene rings is 1. The Morgan fingerprint density at radius 3 is 2.59 bits per heavy atom. The Balaban J connectivity index is 1.22. The largest absolute Gasteiger partial charge is 0.421 e. The van der Waals surface area contributed by atoms with Crippen LogP contribution in [0.1, 0.15) is 36.9 Å². The van der Waals surface area contributed by atoms with Crippen molar-refractivity contribution < 1.29 is 18.7 Å². The van der Waals surface area contributed by atoms with Crippen molar-refractivity contribution in [2.75, 3.05) is 31.2 Å². The fraction of sp³-hybridized carbons (Fsp3) is 0.414. The maximum absolute atomic E-state index is 13.9. The van der Waals surface area contributed by atoms with E-state index in [1.807, 2.05) is 76.8 Å². The molecule has 5 heterocycles. The number of likely N-dealkylation sites (tertiary alicyclic amines) is 1. The minimum atomic E-state index is -0.152. The number of carbonyl (C=O) groups excluding carboxylic acids is 2. The van der Waals surface area contributed by atoms with Gasteiger partial charge in [0.15, 0.2) is 0 Å². The highest BCUT2D eigenvalue weighted by molar-refractivity contribution is 5.95. The van der Waals surface area contributed by atoms with E-state index >= 15 is 0 Å². The van der Waals surface area contributed by atoms with Crippen molar-refractivity contribution in [2.45, 2.75) is 39.7 Å². The number of hydrogen-bond donors (Lipinski definition) is 0. The zero-order chi connectivity index (χ0) is 26.9. The van der Waals surface area contributed by atoms with Crippen LogP contribution in [-0.2, 0) is 27.3 Å². The number of hydrogen-bond acceptors (Lipinski definition) is 7. The third kappa shape index (κ3) is 5.16. The number of rotatable bonds is 7. The molecule has 0 radical (unpaired) electrons. The highest BCUT2D eigenvalue weighted by Gasteiger charge is 2.35. The molecule has 39 heavy (non-hydrogen) atoms. The molecule has 0 saturated carbocycles. The first-order valence-electron chi connectivity index (χ1n) is 13.5. The molecule has 2 saturated heterocycles. The Bertz CT molecular complexity index is 1500. The van der Waals surface area contributed by atoms with E-state index in [0.717, 1.165) is 28.2 Å². The van der Waals surface area contributed by atoms with Crippen LogP contribution in [0.5, 0.6) is 0 Å². The number of piperidine rings is 1. The number of carbonyl (C=O) groups is 2. The molecule has 2 fully saturated rings. The van der Waals surface area contributed by atoms with E-state index in [1.165, 1.54) is 0 Å². The molecule has 202 valence electrons. The van der Waals surface area contributed by atoms with Gasteiger partial charge in [0.2, 0.25) is 23.6 Å². The summed E-state index contributed by atoms with van der Waals surface area (Å²) in [5, 5.41) is 8.19. The summed E-state index contributed by atoms with van der Waals surface area (Å²) >= 11 is 0. The van der Waals surface area contributed by atoms with E-state index in [0.29, 0.717) is 63.9 Å². The number of imidazole rings is 1. The molecule has 6 rings (SSSR count). The second-order valence-electron chi connectivity index (χ2n) is 10.4. The van der Waals surface area contributed by atoms with Gasteiger partial charge in [-0.25, -0.2) is 4.98 Å². The summed E-state index contributed by atoms with van der Waals surface area (Å²) in [5.41, 5.74) is 4.25. The van der Waals surface area contributed by atoms with Gasteiger partial charge in [-0.3, -0.25) is 9.59 Å². The first-order chi connectivity index (χ1) is 19.0. The number of amides is 2. The maximum atomic E-state index is 13.9. The van der Waals surface area contributed by atoms with E-state index in [4.69, 9.17) is 14.1 Å². The van der Waals surface area contributed by atoms with Gasteiger partial charge >= 0.3 is 0 Å². The van der Waals surface area contributed by atoms with Crippen molar-refractivity contribution in [3.8, 4) is 11.5 Å². The average Bonchev–Trinajstić information content (AvgIpc) is 3.57. The molecule has 0 atom stereocenters. The van der Waals surface area contributed by atoms with E-state index in [1.54, 1.807) is 0 Å². The Morgan fingerprint density at radius 2 is 1.90 bits per heavy atom. The molecule has 0 aliphatic carbocycles. The second kappa shape index (κ2) is 10.6. The molecule has 4 aromatic rings. The molecule has 0 spiro atoms. The molecule has 2 aliphatic heterocycles. The lowest BCUT2D eigenvalue weighted by atomic mass is 9.93. The quantitative estimate of drug-likeness (QED) is 0.360. The van der Waals surface area contributed by atoms with E-state index in [-0.39, 0.29) is 23.7 Å². The number of fused-ring (bicyclic) bond motifs is 1. The fourth-order valence-corrected chi connectivity index (χ4v) is 5.21. The van der Waals surface area contributed by atoms with Crippen molar-refractivity contribution in [2.24, 2.45) is 11.8 Å². The first kappa shape index (κ1) is 25.2. The minimum Gasteiger partial charge on any atom is -0.421 e. The van der Waals surface area contributed by atoms with Gasteiger partial charge in [-0.05, 0) is 49.6 Å².